The predicted molar refractivity (Wildman–Crippen MR) is 53.5 cm³/mol. The van der Waals surface area contributed by atoms with Crippen LogP contribution >= 0.6 is 0 Å². The average Bonchev–Trinajstić information content (AvgIpc) is 2.47. The first kappa shape index (κ1) is 10.7. The van der Waals surface area contributed by atoms with E-state index in [2.05, 4.69) is 0 Å². The van der Waals surface area contributed by atoms with Crippen LogP contribution in [0.15, 0.2) is 18.2 Å². The molecule has 1 heterocycles. The molecule has 0 atom stereocenters. The first-order chi connectivity index (χ1) is 6.70. The molecule has 1 aliphatic heterocycles. The second kappa shape index (κ2) is 4.22. The molecule has 0 saturated heterocycles. The molecule has 0 aromatic heterocycles. The van der Waals surface area contributed by atoms with E-state index in [9.17, 15) is 9.18 Å². The van der Waals surface area contributed by atoms with Crippen LogP contribution in [0.4, 0.5) is 4.39 Å². The number of hydrogen-bond acceptors (Lipinski definition) is 1. The second-order valence-corrected chi connectivity index (χ2v) is 2.94. The van der Waals surface area contributed by atoms with E-state index in [-0.39, 0.29) is 11.5 Å². The summed E-state index contributed by atoms with van der Waals surface area (Å²) in [6.07, 6.45) is 0. The quantitative estimate of drug-likeness (QED) is 0.622. The first-order valence-electron chi connectivity index (χ1n) is 4.73. The van der Waals surface area contributed by atoms with E-state index in [0.717, 1.165) is 5.56 Å². The van der Waals surface area contributed by atoms with Crippen molar-refractivity contribution in [3.8, 4) is 0 Å². The molecule has 1 amide bonds. The lowest BCUT2D eigenvalue weighted by Gasteiger charge is -2.04. The third-order valence-electron chi connectivity index (χ3n) is 2.07. The highest BCUT2D eigenvalue weighted by atomic mass is 19.1. The number of halogens is 1. The van der Waals surface area contributed by atoms with Crippen molar-refractivity contribution in [3.05, 3.63) is 35.1 Å². The molecule has 2 nitrogen and oxygen atoms in total. The van der Waals surface area contributed by atoms with E-state index in [1.54, 1.807) is 19.2 Å². The monoisotopic (exact) mass is 195 g/mol. The lowest BCUT2D eigenvalue weighted by atomic mass is 10.1. The zero-order valence-electron chi connectivity index (χ0n) is 8.67. The van der Waals surface area contributed by atoms with Crippen molar-refractivity contribution in [1.29, 1.82) is 0 Å². The maximum atomic E-state index is 13.1. The van der Waals surface area contributed by atoms with Gasteiger partial charge in [-0.1, -0.05) is 26.0 Å². The number of nitrogens with zero attached hydrogens (tertiary/aromatic N) is 1. The summed E-state index contributed by atoms with van der Waals surface area (Å²) < 4.78 is 13.1. The van der Waals surface area contributed by atoms with Crippen LogP contribution in [0.2, 0.25) is 0 Å². The summed E-state index contributed by atoms with van der Waals surface area (Å²) in [5, 5.41) is 0. The third kappa shape index (κ3) is 1.62. The van der Waals surface area contributed by atoms with Gasteiger partial charge in [0.25, 0.3) is 5.91 Å². The van der Waals surface area contributed by atoms with Gasteiger partial charge in [-0.2, -0.15) is 0 Å². The van der Waals surface area contributed by atoms with Crippen LogP contribution < -0.4 is 0 Å². The number of fused-ring (bicyclic) bond motifs is 1. The molecule has 0 spiro atoms. The summed E-state index contributed by atoms with van der Waals surface area (Å²) >= 11 is 0. The van der Waals surface area contributed by atoms with Gasteiger partial charge in [-0.25, -0.2) is 4.39 Å². The molecule has 0 saturated carbocycles. The summed E-state index contributed by atoms with van der Waals surface area (Å²) in [5.74, 6) is -0.634. The van der Waals surface area contributed by atoms with Gasteiger partial charge in [0.1, 0.15) is 5.82 Å². The molecule has 1 aromatic carbocycles. The van der Waals surface area contributed by atoms with Crippen LogP contribution in [0.25, 0.3) is 0 Å². The van der Waals surface area contributed by atoms with Gasteiger partial charge in [0.05, 0.1) is 5.56 Å². The van der Waals surface area contributed by atoms with Crippen molar-refractivity contribution >= 4 is 5.91 Å². The summed E-state index contributed by atoms with van der Waals surface area (Å²) in [7, 11) is 1.67. The van der Waals surface area contributed by atoms with Gasteiger partial charge in [-0.15, -0.1) is 0 Å². The van der Waals surface area contributed by atoms with Gasteiger partial charge in [0.15, 0.2) is 0 Å². The summed E-state index contributed by atoms with van der Waals surface area (Å²) in [5.41, 5.74) is 1.02. The van der Waals surface area contributed by atoms with Crippen molar-refractivity contribution in [3.63, 3.8) is 0 Å². The van der Waals surface area contributed by atoms with Gasteiger partial charge in [0.2, 0.25) is 0 Å². The van der Waals surface area contributed by atoms with E-state index in [4.69, 9.17) is 0 Å². The lowest BCUT2D eigenvalue weighted by molar-refractivity contribution is 0.0813. The number of hydrogen-bond donors (Lipinski definition) is 0. The van der Waals surface area contributed by atoms with Crippen LogP contribution in [0.5, 0.6) is 0 Å². The van der Waals surface area contributed by atoms with Gasteiger partial charge >= 0.3 is 0 Å². The van der Waals surface area contributed by atoms with E-state index in [1.807, 2.05) is 13.8 Å². The Balaban J connectivity index is 0.000000461. The average molecular weight is 195 g/mol. The maximum Gasteiger partial charge on any atom is 0.257 e. The van der Waals surface area contributed by atoms with Crippen LogP contribution in [-0.2, 0) is 6.54 Å². The van der Waals surface area contributed by atoms with E-state index < -0.39 is 5.82 Å². The van der Waals surface area contributed by atoms with Crippen LogP contribution in [0, 0.1) is 5.82 Å². The zero-order valence-corrected chi connectivity index (χ0v) is 8.67. The Morgan fingerprint density at radius 3 is 2.57 bits per heavy atom. The maximum absolute atomic E-state index is 13.1. The van der Waals surface area contributed by atoms with Gasteiger partial charge < -0.3 is 4.90 Å². The molecule has 0 N–H and O–H groups in total. The molecule has 0 unspecified atom stereocenters. The van der Waals surface area contributed by atoms with Crippen molar-refractivity contribution in [1.82, 2.24) is 4.90 Å². The van der Waals surface area contributed by atoms with E-state index in [1.165, 1.54) is 11.0 Å². The standard InChI is InChI=1S/C9H8FNO.C2H6/c1-11-5-6-3-2-4-7(10)8(6)9(11)12;1-2/h2-4H,5H2,1H3;1-2H3. The van der Waals surface area contributed by atoms with E-state index in [0.29, 0.717) is 6.54 Å². The third-order valence-corrected chi connectivity index (χ3v) is 2.07. The Morgan fingerprint density at radius 1 is 1.36 bits per heavy atom. The van der Waals surface area contributed by atoms with Crippen LogP contribution in [-0.4, -0.2) is 17.9 Å². The molecular formula is C11H14FNO. The zero-order chi connectivity index (χ0) is 10.7. The fourth-order valence-corrected chi connectivity index (χ4v) is 1.46. The fourth-order valence-electron chi connectivity index (χ4n) is 1.46. The molecule has 1 aliphatic rings. The van der Waals surface area contributed by atoms with Crippen LogP contribution in [0.3, 0.4) is 0 Å². The van der Waals surface area contributed by atoms with Crippen molar-refractivity contribution < 1.29 is 9.18 Å². The summed E-state index contributed by atoms with van der Waals surface area (Å²) in [4.78, 5) is 12.8. The van der Waals surface area contributed by atoms with Crippen molar-refractivity contribution in [2.75, 3.05) is 7.05 Å². The number of carbonyl (C=O) groups is 1. The van der Waals surface area contributed by atoms with Gasteiger partial charge in [-0.3, -0.25) is 4.79 Å². The Hall–Kier alpha value is -1.38. The number of benzene rings is 1. The summed E-state index contributed by atoms with van der Waals surface area (Å²) in [6.45, 7) is 4.52. The smallest absolute Gasteiger partial charge is 0.257 e. The molecule has 0 aliphatic carbocycles. The minimum Gasteiger partial charge on any atom is -0.337 e. The molecule has 0 fully saturated rings. The van der Waals surface area contributed by atoms with E-state index >= 15 is 0 Å². The fraction of sp³-hybridized carbons (Fsp3) is 0.364. The Kier molecular flexibility index (Phi) is 3.23. The minimum atomic E-state index is -0.415. The molecule has 2 rings (SSSR count). The number of carbonyl (C=O) groups excluding carboxylic acids is 1. The SMILES string of the molecule is CC.CN1Cc2cccc(F)c2C1=O. The highest BCUT2D eigenvalue weighted by Gasteiger charge is 2.26. The normalized spacial score (nSPS) is 13.4. The minimum absolute atomic E-state index is 0.219. The lowest BCUT2D eigenvalue weighted by Crippen LogP contribution is -2.18. The van der Waals surface area contributed by atoms with Crippen molar-refractivity contribution in [2.45, 2.75) is 20.4 Å². The Morgan fingerprint density at radius 2 is 2.00 bits per heavy atom. The Bertz CT molecular complexity index is 349. The number of amides is 1. The summed E-state index contributed by atoms with van der Waals surface area (Å²) in [6, 6.07) is 4.72. The van der Waals surface area contributed by atoms with Gasteiger partial charge in [-0.05, 0) is 11.6 Å². The molecule has 3 heteroatoms. The molecular weight excluding hydrogens is 181 g/mol. The van der Waals surface area contributed by atoms with Crippen LogP contribution in [0.1, 0.15) is 29.8 Å². The predicted octanol–water partition coefficient (Wildman–Crippen LogP) is 2.44. The van der Waals surface area contributed by atoms with Gasteiger partial charge in [0, 0.05) is 13.6 Å². The number of rotatable bonds is 0. The molecule has 0 radical (unpaired) electrons. The molecule has 76 valence electrons. The topological polar surface area (TPSA) is 20.3 Å². The highest BCUT2D eigenvalue weighted by molar-refractivity contribution is 5.98. The highest BCUT2D eigenvalue weighted by Crippen LogP contribution is 2.23. The van der Waals surface area contributed by atoms with Crippen molar-refractivity contribution in [2.24, 2.45) is 0 Å². The molecule has 1 aromatic rings. The molecule has 0 bridgehead atoms. The first-order valence-corrected chi connectivity index (χ1v) is 4.73. The molecule has 14 heavy (non-hydrogen) atoms. The second-order valence-electron chi connectivity index (χ2n) is 2.94. The largest absolute Gasteiger partial charge is 0.337 e. The Labute approximate surface area is 83.3 Å².